The lowest BCUT2D eigenvalue weighted by Crippen LogP contribution is -2.37. The molecule has 0 radical (unpaired) electrons. The standard InChI is InChI=1S/C17H22N2O3/c1-4-13(22-5-2)11-18-16(20)14-10-12-8-6-7-9-15(12)19(3)17(14)21/h6-10,13H,4-5,11H2,1-3H3,(H,18,20)/t13-/m1/s1. The zero-order valence-corrected chi connectivity index (χ0v) is 13.3. The molecule has 0 aliphatic carbocycles. The number of aromatic nitrogens is 1. The summed E-state index contributed by atoms with van der Waals surface area (Å²) in [5.74, 6) is -0.357. The number of hydrogen-bond donors (Lipinski definition) is 1. The number of hydrogen-bond acceptors (Lipinski definition) is 3. The summed E-state index contributed by atoms with van der Waals surface area (Å²) in [5, 5.41) is 3.66. The minimum atomic E-state index is -0.357. The Kier molecular flexibility index (Phi) is 5.33. The van der Waals surface area contributed by atoms with Crippen LogP contribution in [0, 0.1) is 0 Å². The van der Waals surface area contributed by atoms with Crippen LogP contribution in [0.1, 0.15) is 30.6 Å². The molecule has 0 spiro atoms. The van der Waals surface area contributed by atoms with Gasteiger partial charge < -0.3 is 14.6 Å². The van der Waals surface area contributed by atoms with Crippen LogP contribution >= 0.6 is 0 Å². The predicted molar refractivity (Wildman–Crippen MR) is 87.2 cm³/mol. The van der Waals surface area contributed by atoms with Crippen molar-refractivity contribution in [2.75, 3.05) is 13.2 Å². The van der Waals surface area contributed by atoms with E-state index in [9.17, 15) is 9.59 Å². The maximum Gasteiger partial charge on any atom is 0.263 e. The van der Waals surface area contributed by atoms with Crippen LogP contribution in [0.2, 0.25) is 0 Å². The third-order valence-electron chi connectivity index (χ3n) is 3.73. The van der Waals surface area contributed by atoms with Crippen LogP contribution in [0.15, 0.2) is 35.1 Å². The lowest BCUT2D eigenvalue weighted by atomic mass is 10.1. The van der Waals surface area contributed by atoms with Crippen molar-refractivity contribution in [2.45, 2.75) is 26.4 Å². The molecule has 0 unspecified atom stereocenters. The van der Waals surface area contributed by atoms with Crippen LogP contribution < -0.4 is 10.9 Å². The maximum atomic E-state index is 12.3. The highest BCUT2D eigenvalue weighted by atomic mass is 16.5. The summed E-state index contributed by atoms with van der Waals surface area (Å²) in [5.41, 5.74) is 0.679. The van der Waals surface area contributed by atoms with Gasteiger partial charge in [0.05, 0.1) is 11.6 Å². The summed E-state index contributed by atoms with van der Waals surface area (Å²) in [6.45, 7) is 4.93. The fourth-order valence-electron chi connectivity index (χ4n) is 2.44. The Labute approximate surface area is 129 Å². The van der Waals surface area contributed by atoms with Crippen molar-refractivity contribution < 1.29 is 9.53 Å². The highest BCUT2D eigenvalue weighted by Crippen LogP contribution is 2.12. The summed E-state index contributed by atoms with van der Waals surface area (Å²) in [6, 6.07) is 9.15. The molecule has 1 N–H and O–H groups in total. The van der Waals surface area contributed by atoms with Gasteiger partial charge >= 0.3 is 0 Å². The molecular formula is C17H22N2O3. The molecule has 118 valence electrons. The first-order valence-corrected chi connectivity index (χ1v) is 7.57. The molecule has 1 heterocycles. The zero-order valence-electron chi connectivity index (χ0n) is 13.3. The van der Waals surface area contributed by atoms with Gasteiger partial charge in [0.2, 0.25) is 0 Å². The second-order valence-electron chi connectivity index (χ2n) is 5.18. The van der Waals surface area contributed by atoms with Gasteiger partial charge in [0.25, 0.3) is 11.5 Å². The second kappa shape index (κ2) is 7.22. The van der Waals surface area contributed by atoms with Gasteiger partial charge in [0.15, 0.2) is 0 Å². The average Bonchev–Trinajstić information content (AvgIpc) is 2.54. The van der Waals surface area contributed by atoms with Crippen molar-refractivity contribution in [3.05, 3.63) is 46.2 Å². The van der Waals surface area contributed by atoms with E-state index in [1.165, 1.54) is 4.57 Å². The molecule has 0 aliphatic rings. The molecule has 0 saturated heterocycles. The molecule has 1 aromatic carbocycles. The number of nitrogens with one attached hydrogen (secondary N) is 1. The highest BCUT2D eigenvalue weighted by Gasteiger charge is 2.15. The Morgan fingerprint density at radius 1 is 1.32 bits per heavy atom. The summed E-state index contributed by atoms with van der Waals surface area (Å²) >= 11 is 0. The number of nitrogens with zero attached hydrogens (tertiary/aromatic N) is 1. The average molecular weight is 302 g/mol. The van der Waals surface area contributed by atoms with Crippen LogP contribution in [0.25, 0.3) is 10.9 Å². The van der Waals surface area contributed by atoms with Gasteiger partial charge in [0.1, 0.15) is 5.56 Å². The van der Waals surface area contributed by atoms with Gasteiger partial charge in [-0.15, -0.1) is 0 Å². The molecule has 0 aliphatic heterocycles. The zero-order chi connectivity index (χ0) is 16.1. The van der Waals surface area contributed by atoms with Gasteiger partial charge in [-0.2, -0.15) is 0 Å². The summed E-state index contributed by atoms with van der Waals surface area (Å²) in [4.78, 5) is 24.6. The number of rotatable bonds is 6. The number of pyridine rings is 1. The van der Waals surface area contributed by atoms with Crippen LogP contribution in [-0.4, -0.2) is 29.7 Å². The molecular weight excluding hydrogens is 280 g/mol. The monoisotopic (exact) mass is 302 g/mol. The van der Waals surface area contributed by atoms with E-state index < -0.39 is 0 Å². The van der Waals surface area contributed by atoms with Gasteiger partial charge in [-0.3, -0.25) is 9.59 Å². The van der Waals surface area contributed by atoms with E-state index in [1.807, 2.05) is 38.1 Å². The summed E-state index contributed by atoms with van der Waals surface area (Å²) in [7, 11) is 1.68. The molecule has 0 saturated carbocycles. The van der Waals surface area contributed by atoms with Gasteiger partial charge in [0, 0.05) is 20.2 Å². The van der Waals surface area contributed by atoms with Gasteiger partial charge in [-0.1, -0.05) is 25.1 Å². The SMILES string of the molecule is CCO[C@H](CC)CNC(=O)c1cc2ccccc2n(C)c1=O. The first-order chi connectivity index (χ1) is 10.6. The van der Waals surface area contributed by atoms with Crippen LogP contribution in [0.4, 0.5) is 0 Å². The van der Waals surface area contributed by atoms with E-state index in [0.717, 1.165) is 17.3 Å². The minimum Gasteiger partial charge on any atom is -0.377 e. The fraction of sp³-hybridized carbons (Fsp3) is 0.412. The number of carbonyl (C=O) groups excluding carboxylic acids is 1. The van der Waals surface area contributed by atoms with Crippen molar-refractivity contribution in [1.82, 2.24) is 9.88 Å². The molecule has 0 bridgehead atoms. The van der Waals surface area contributed by atoms with Crippen LogP contribution in [-0.2, 0) is 11.8 Å². The number of amides is 1. The molecule has 1 aromatic heterocycles. The number of aryl methyl sites for hydroxylation is 1. The second-order valence-corrected chi connectivity index (χ2v) is 5.18. The molecule has 2 rings (SSSR count). The van der Waals surface area contributed by atoms with E-state index >= 15 is 0 Å². The van der Waals surface area contributed by atoms with Gasteiger partial charge in [-0.25, -0.2) is 0 Å². The molecule has 22 heavy (non-hydrogen) atoms. The topological polar surface area (TPSA) is 60.3 Å². The van der Waals surface area contributed by atoms with Crippen molar-refractivity contribution >= 4 is 16.8 Å². The first-order valence-electron chi connectivity index (χ1n) is 7.57. The van der Waals surface area contributed by atoms with Crippen LogP contribution in [0.3, 0.4) is 0 Å². The van der Waals surface area contributed by atoms with Crippen molar-refractivity contribution in [3.63, 3.8) is 0 Å². The van der Waals surface area contributed by atoms with E-state index in [-0.39, 0.29) is 23.1 Å². The van der Waals surface area contributed by atoms with Crippen molar-refractivity contribution in [3.8, 4) is 0 Å². The predicted octanol–water partition coefficient (Wildman–Crippen LogP) is 2.08. The Hall–Kier alpha value is -2.14. The van der Waals surface area contributed by atoms with Crippen molar-refractivity contribution in [1.29, 1.82) is 0 Å². The normalized spacial score (nSPS) is 12.3. The Bertz CT molecular complexity index is 721. The van der Waals surface area contributed by atoms with Gasteiger partial charge in [-0.05, 0) is 30.9 Å². The number of ether oxygens (including phenoxy) is 1. The third-order valence-corrected chi connectivity index (χ3v) is 3.73. The van der Waals surface area contributed by atoms with Crippen molar-refractivity contribution in [2.24, 2.45) is 7.05 Å². The molecule has 1 atom stereocenters. The minimum absolute atomic E-state index is 0.0294. The van der Waals surface area contributed by atoms with E-state index in [0.29, 0.717) is 13.2 Å². The quantitative estimate of drug-likeness (QED) is 0.889. The number of fused-ring (bicyclic) bond motifs is 1. The number of para-hydroxylation sites is 1. The lowest BCUT2D eigenvalue weighted by Gasteiger charge is -2.16. The van der Waals surface area contributed by atoms with Crippen LogP contribution in [0.5, 0.6) is 0 Å². The van der Waals surface area contributed by atoms with E-state index in [4.69, 9.17) is 4.74 Å². The summed E-state index contributed by atoms with van der Waals surface area (Å²) in [6.07, 6.45) is 0.780. The molecule has 0 fully saturated rings. The Balaban J connectivity index is 2.25. The Morgan fingerprint density at radius 3 is 2.73 bits per heavy atom. The molecule has 2 aromatic rings. The first kappa shape index (κ1) is 16.2. The maximum absolute atomic E-state index is 12.3. The van der Waals surface area contributed by atoms with E-state index in [2.05, 4.69) is 5.32 Å². The lowest BCUT2D eigenvalue weighted by molar-refractivity contribution is 0.0568. The smallest absolute Gasteiger partial charge is 0.263 e. The molecule has 1 amide bonds. The number of benzene rings is 1. The third kappa shape index (κ3) is 3.36. The molecule has 5 nitrogen and oxygen atoms in total. The highest BCUT2D eigenvalue weighted by molar-refractivity contribution is 5.97. The largest absolute Gasteiger partial charge is 0.377 e. The fourth-order valence-corrected chi connectivity index (χ4v) is 2.44. The Morgan fingerprint density at radius 2 is 2.05 bits per heavy atom. The molecule has 5 heteroatoms. The number of carbonyl (C=O) groups is 1. The van der Waals surface area contributed by atoms with E-state index in [1.54, 1.807) is 13.1 Å². The summed E-state index contributed by atoms with van der Waals surface area (Å²) < 4.78 is 7.01.